The van der Waals surface area contributed by atoms with Crippen molar-refractivity contribution in [1.82, 2.24) is 19.4 Å². The molecule has 1 atom stereocenters. The van der Waals surface area contributed by atoms with Crippen LogP contribution in [0.15, 0.2) is 22.7 Å². The first kappa shape index (κ1) is 20.8. The topological polar surface area (TPSA) is 104 Å². The SMILES string of the molecule is CC#CC[N+]1=C2SC(S(=O)(=O)NC3(C)CC3)=CC2C(=O)N(Cc2cnn(C)c2)C1=O. The summed E-state index contributed by atoms with van der Waals surface area (Å²) in [6.07, 6.45) is 6.31. The van der Waals surface area contributed by atoms with E-state index < -0.39 is 33.4 Å². The van der Waals surface area contributed by atoms with Gasteiger partial charge in [0, 0.05) is 24.3 Å². The zero-order chi connectivity index (χ0) is 21.7. The zero-order valence-corrected chi connectivity index (χ0v) is 18.5. The van der Waals surface area contributed by atoms with Crippen molar-refractivity contribution in [3.05, 3.63) is 28.3 Å². The van der Waals surface area contributed by atoms with E-state index in [1.807, 2.05) is 6.92 Å². The molecule has 0 spiro atoms. The first-order valence-electron chi connectivity index (χ1n) is 9.44. The molecule has 3 heterocycles. The number of hydrogen-bond donors (Lipinski definition) is 1. The van der Waals surface area contributed by atoms with Crippen LogP contribution in [-0.4, -0.2) is 56.7 Å². The number of thioether (sulfide) groups is 1. The normalized spacial score (nSPS) is 22.6. The standard InChI is InChI=1S/C19H22N5O4S2/c1-4-5-8-23-17-14(9-15(29-17)30(27,28)21-19(2)6-7-19)16(25)24(18(23)26)12-13-10-20-22(3)11-13/h9-11,14,21H,6-8,12H2,1-3H3/q+1. The molecule has 1 N–H and O–H groups in total. The molecule has 158 valence electrons. The quantitative estimate of drug-likeness (QED) is 0.514. The highest BCUT2D eigenvalue weighted by Crippen LogP contribution is 2.41. The van der Waals surface area contributed by atoms with E-state index in [4.69, 9.17) is 0 Å². The van der Waals surface area contributed by atoms with Crippen LogP contribution in [0.25, 0.3) is 0 Å². The Hall–Kier alpha value is -2.42. The minimum atomic E-state index is -3.78. The van der Waals surface area contributed by atoms with Gasteiger partial charge < -0.3 is 0 Å². The fourth-order valence-corrected chi connectivity index (χ4v) is 6.35. The summed E-state index contributed by atoms with van der Waals surface area (Å²) in [4.78, 5) is 27.4. The van der Waals surface area contributed by atoms with Crippen molar-refractivity contribution >= 4 is 38.8 Å². The van der Waals surface area contributed by atoms with Gasteiger partial charge in [-0.15, -0.1) is 5.92 Å². The number of carbonyl (C=O) groups is 2. The molecule has 0 bridgehead atoms. The molecule has 1 fully saturated rings. The summed E-state index contributed by atoms with van der Waals surface area (Å²) < 4.78 is 31.4. The highest BCUT2D eigenvalue weighted by molar-refractivity contribution is 8.27. The summed E-state index contributed by atoms with van der Waals surface area (Å²) in [5, 5.41) is 4.46. The molecule has 30 heavy (non-hydrogen) atoms. The molecule has 1 aromatic rings. The van der Waals surface area contributed by atoms with Crippen LogP contribution >= 0.6 is 11.8 Å². The van der Waals surface area contributed by atoms with Gasteiger partial charge in [-0.05, 0) is 44.5 Å². The van der Waals surface area contributed by atoms with Gasteiger partial charge in [0.2, 0.25) is 10.0 Å². The van der Waals surface area contributed by atoms with Gasteiger partial charge in [0.05, 0.1) is 6.20 Å². The summed E-state index contributed by atoms with van der Waals surface area (Å²) in [5.74, 6) is 4.31. The molecule has 9 nitrogen and oxygen atoms in total. The van der Waals surface area contributed by atoms with Crippen LogP contribution in [0, 0.1) is 17.8 Å². The zero-order valence-electron chi connectivity index (χ0n) is 16.9. The molecule has 0 aromatic carbocycles. The van der Waals surface area contributed by atoms with Crippen LogP contribution in [0.1, 0.15) is 32.3 Å². The molecular weight excluding hydrogens is 426 g/mol. The van der Waals surface area contributed by atoms with Gasteiger partial charge in [0.15, 0.2) is 11.6 Å². The molecule has 0 radical (unpaired) electrons. The fraction of sp³-hybridized carbons (Fsp3) is 0.474. The number of nitrogens with zero attached hydrogens (tertiary/aromatic N) is 4. The molecular formula is C19H22N5O4S2+. The second kappa shape index (κ2) is 7.37. The van der Waals surface area contributed by atoms with E-state index in [2.05, 4.69) is 21.7 Å². The van der Waals surface area contributed by atoms with Crippen molar-refractivity contribution in [1.29, 1.82) is 0 Å². The number of carbonyl (C=O) groups excluding carboxylic acids is 2. The average Bonchev–Trinajstić information content (AvgIpc) is 3.07. The third-order valence-electron chi connectivity index (χ3n) is 5.19. The van der Waals surface area contributed by atoms with E-state index in [1.165, 1.54) is 10.7 Å². The highest BCUT2D eigenvalue weighted by Gasteiger charge is 2.52. The summed E-state index contributed by atoms with van der Waals surface area (Å²) in [5.41, 5.74) is 0.271. The molecule has 1 aromatic heterocycles. The number of sulfonamides is 1. The minimum Gasteiger partial charge on any atom is -0.275 e. The molecule has 11 heteroatoms. The van der Waals surface area contributed by atoms with Crippen molar-refractivity contribution in [2.24, 2.45) is 13.0 Å². The monoisotopic (exact) mass is 448 g/mol. The second-order valence-electron chi connectivity index (χ2n) is 7.81. The maximum Gasteiger partial charge on any atom is 0.502 e. The Morgan fingerprint density at radius 2 is 2.13 bits per heavy atom. The van der Waals surface area contributed by atoms with Gasteiger partial charge in [-0.3, -0.25) is 4.68 Å². The van der Waals surface area contributed by atoms with Crippen molar-refractivity contribution in [2.75, 3.05) is 6.54 Å². The van der Waals surface area contributed by atoms with Gasteiger partial charge in [0.1, 0.15) is 16.7 Å². The van der Waals surface area contributed by atoms with E-state index in [9.17, 15) is 18.0 Å². The molecule has 1 unspecified atom stereocenters. The molecule has 2 aliphatic heterocycles. The molecule has 0 saturated heterocycles. The van der Waals surface area contributed by atoms with Crippen molar-refractivity contribution in [2.45, 2.75) is 38.8 Å². The molecule has 3 amide bonds. The highest BCUT2D eigenvalue weighted by atomic mass is 32.3. The van der Waals surface area contributed by atoms with Crippen molar-refractivity contribution in [3.63, 3.8) is 0 Å². The molecule has 1 saturated carbocycles. The molecule has 4 rings (SSSR count). The van der Waals surface area contributed by atoms with Gasteiger partial charge in [-0.1, -0.05) is 5.92 Å². The largest absolute Gasteiger partial charge is 0.502 e. The molecule has 1 aliphatic carbocycles. The number of amides is 3. The summed E-state index contributed by atoms with van der Waals surface area (Å²) >= 11 is 0.949. The average molecular weight is 449 g/mol. The fourth-order valence-electron chi connectivity index (χ4n) is 3.30. The summed E-state index contributed by atoms with van der Waals surface area (Å²) in [6.45, 7) is 3.64. The number of hydrogen-bond acceptors (Lipinski definition) is 6. The lowest BCUT2D eigenvalue weighted by atomic mass is 10.1. The van der Waals surface area contributed by atoms with Crippen LogP contribution in [0.5, 0.6) is 0 Å². The molecule has 3 aliphatic rings. The van der Waals surface area contributed by atoms with E-state index in [0.29, 0.717) is 10.6 Å². The predicted molar refractivity (Wildman–Crippen MR) is 112 cm³/mol. The van der Waals surface area contributed by atoms with Crippen LogP contribution in [0.4, 0.5) is 4.79 Å². The predicted octanol–water partition coefficient (Wildman–Crippen LogP) is 0.993. The maximum atomic E-state index is 13.1. The number of rotatable bonds is 6. The Labute approximate surface area is 179 Å². The number of aromatic nitrogens is 2. The lowest BCUT2D eigenvalue weighted by Crippen LogP contribution is -2.52. The number of fused-ring (bicyclic) bond motifs is 1. The number of urea groups is 1. The van der Waals surface area contributed by atoms with Gasteiger partial charge in [-0.2, -0.15) is 19.4 Å². The van der Waals surface area contributed by atoms with Gasteiger partial charge in [0.25, 0.3) is 0 Å². The summed E-state index contributed by atoms with van der Waals surface area (Å²) in [6, 6.07) is -0.514. The third-order valence-corrected chi connectivity index (χ3v) is 8.55. The lowest BCUT2D eigenvalue weighted by molar-refractivity contribution is -0.424. The smallest absolute Gasteiger partial charge is 0.275 e. The van der Waals surface area contributed by atoms with Crippen LogP contribution in [-0.2, 0) is 28.4 Å². The first-order chi connectivity index (χ1) is 14.1. The van der Waals surface area contributed by atoms with Gasteiger partial charge in [-0.25, -0.2) is 17.9 Å². The van der Waals surface area contributed by atoms with E-state index in [-0.39, 0.29) is 17.3 Å². The minimum absolute atomic E-state index is 0.0504. The van der Waals surface area contributed by atoms with Crippen molar-refractivity contribution < 1.29 is 22.6 Å². The van der Waals surface area contributed by atoms with Crippen LogP contribution < -0.4 is 4.72 Å². The van der Waals surface area contributed by atoms with Gasteiger partial charge >= 0.3 is 11.9 Å². The van der Waals surface area contributed by atoms with Crippen molar-refractivity contribution in [3.8, 4) is 11.8 Å². The first-order valence-corrected chi connectivity index (χ1v) is 11.7. The van der Waals surface area contributed by atoms with E-state index >= 15 is 0 Å². The number of imide groups is 1. The Balaban J connectivity index is 1.69. The Bertz CT molecular complexity index is 1160. The third kappa shape index (κ3) is 3.82. The maximum absolute atomic E-state index is 13.1. The second-order valence-corrected chi connectivity index (χ2v) is 10.8. The Morgan fingerprint density at radius 1 is 1.40 bits per heavy atom. The number of aryl methyl sites for hydroxylation is 1. The van der Waals surface area contributed by atoms with E-state index in [0.717, 1.165) is 29.5 Å². The Kier molecular flexibility index (Phi) is 5.12. The lowest BCUT2D eigenvalue weighted by Gasteiger charge is -2.22. The number of nitrogens with one attached hydrogen (secondary N) is 1. The summed E-state index contributed by atoms with van der Waals surface area (Å²) in [7, 11) is -2.03. The Morgan fingerprint density at radius 3 is 2.73 bits per heavy atom. The van der Waals surface area contributed by atoms with Crippen LogP contribution in [0.3, 0.4) is 0 Å². The van der Waals surface area contributed by atoms with Crippen LogP contribution in [0.2, 0.25) is 0 Å². The van der Waals surface area contributed by atoms with E-state index in [1.54, 1.807) is 31.0 Å².